The predicted octanol–water partition coefficient (Wildman–Crippen LogP) is 4.84. The maximum Gasteiger partial charge on any atom is 0.163 e. The van der Waals surface area contributed by atoms with Gasteiger partial charge < -0.3 is 9.15 Å². The van der Waals surface area contributed by atoms with Gasteiger partial charge in [0, 0.05) is 47.2 Å². The summed E-state index contributed by atoms with van der Waals surface area (Å²) in [5, 5.41) is 2.89. The van der Waals surface area contributed by atoms with Gasteiger partial charge in [-0.25, -0.2) is 0 Å². The number of furan rings is 1. The van der Waals surface area contributed by atoms with Crippen LogP contribution in [0.2, 0.25) is 0 Å². The summed E-state index contributed by atoms with van der Waals surface area (Å²) in [5.41, 5.74) is 3.57. The molecule has 3 heterocycles. The van der Waals surface area contributed by atoms with Crippen molar-refractivity contribution in [2.45, 2.75) is 26.9 Å². The van der Waals surface area contributed by atoms with Gasteiger partial charge in [0.2, 0.25) is 0 Å². The molecule has 0 atom stereocenters. The Morgan fingerprint density at radius 2 is 2.00 bits per heavy atom. The van der Waals surface area contributed by atoms with Crippen LogP contribution in [-0.2, 0) is 13.1 Å². The number of carbonyl (C=O) groups is 1. The molecule has 0 amide bonds. The molecule has 0 unspecified atom stereocenters. The van der Waals surface area contributed by atoms with Crippen molar-refractivity contribution >= 4 is 27.5 Å². The Bertz CT molecular complexity index is 1210. The minimum Gasteiger partial charge on any atom is -0.477 e. The number of benzene rings is 2. The molecule has 0 bridgehead atoms. The van der Waals surface area contributed by atoms with Crippen LogP contribution in [0, 0.1) is 6.92 Å². The molecule has 0 saturated heterocycles. The lowest BCUT2D eigenvalue weighted by Crippen LogP contribution is -2.31. The predicted molar refractivity (Wildman–Crippen MR) is 107 cm³/mol. The third-order valence-electron chi connectivity index (χ3n) is 5.33. The van der Waals surface area contributed by atoms with Gasteiger partial charge in [0.25, 0.3) is 0 Å². The topological polar surface area (TPSA) is 55.6 Å². The fraction of sp³-hybridized carbons (Fsp3) is 0.217. The van der Waals surface area contributed by atoms with Crippen molar-refractivity contribution < 1.29 is 13.9 Å². The molecule has 0 aliphatic carbocycles. The molecule has 4 aromatic rings. The van der Waals surface area contributed by atoms with Crippen LogP contribution in [0.15, 0.2) is 53.2 Å². The summed E-state index contributed by atoms with van der Waals surface area (Å²) < 4.78 is 12.3. The quantitative estimate of drug-likeness (QED) is 0.482. The number of aromatic nitrogens is 1. The molecular formula is C23H20N2O3. The smallest absolute Gasteiger partial charge is 0.163 e. The molecule has 140 valence electrons. The highest BCUT2D eigenvalue weighted by Gasteiger charge is 2.28. The number of hydrogen-bond donors (Lipinski definition) is 0. The largest absolute Gasteiger partial charge is 0.477 e. The second-order valence-electron chi connectivity index (χ2n) is 7.27. The van der Waals surface area contributed by atoms with Crippen molar-refractivity contribution in [3.63, 3.8) is 0 Å². The fourth-order valence-electron chi connectivity index (χ4n) is 4.19. The van der Waals surface area contributed by atoms with E-state index in [1.807, 2.05) is 37.4 Å². The van der Waals surface area contributed by atoms with Crippen LogP contribution in [0.4, 0.5) is 0 Å². The van der Waals surface area contributed by atoms with E-state index >= 15 is 0 Å². The number of Topliss-reactive ketones (excluding diaryl/α,β-unsaturated/α-hetero) is 1. The molecule has 28 heavy (non-hydrogen) atoms. The van der Waals surface area contributed by atoms with Crippen molar-refractivity contribution in [3.8, 4) is 5.75 Å². The van der Waals surface area contributed by atoms with Gasteiger partial charge in [0.05, 0.1) is 5.56 Å². The minimum atomic E-state index is 0.0121. The van der Waals surface area contributed by atoms with Crippen LogP contribution in [0.25, 0.3) is 21.7 Å². The SMILES string of the molecule is CC(=O)c1c(C)oc2c1c1c(c3ccccc32)OCN(Cc2cccnc2)C1. The molecular weight excluding hydrogens is 352 g/mol. The third-order valence-corrected chi connectivity index (χ3v) is 5.33. The highest BCUT2D eigenvalue weighted by molar-refractivity contribution is 6.17. The molecule has 5 heteroatoms. The zero-order valence-electron chi connectivity index (χ0n) is 15.9. The molecule has 0 N–H and O–H groups in total. The second kappa shape index (κ2) is 6.46. The van der Waals surface area contributed by atoms with Gasteiger partial charge >= 0.3 is 0 Å². The van der Waals surface area contributed by atoms with Gasteiger partial charge in [-0.05, 0) is 25.5 Å². The van der Waals surface area contributed by atoms with E-state index in [1.165, 1.54) is 0 Å². The van der Waals surface area contributed by atoms with Gasteiger partial charge in [-0.1, -0.05) is 30.3 Å². The standard InChI is InChI=1S/C23H20N2O3/c1-14(26)20-15(2)28-23-18-8-4-3-7-17(18)22-19(21(20)23)12-25(13-27-22)11-16-6-5-9-24-10-16/h3-10H,11-13H2,1-2H3. The summed E-state index contributed by atoms with van der Waals surface area (Å²) in [4.78, 5) is 18.8. The van der Waals surface area contributed by atoms with E-state index in [1.54, 1.807) is 13.1 Å². The van der Waals surface area contributed by atoms with E-state index in [0.29, 0.717) is 24.6 Å². The molecule has 0 spiro atoms. The second-order valence-corrected chi connectivity index (χ2v) is 7.27. The van der Waals surface area contributed by atoms with Gasteiger partial charge in [0.1, 0.15) is 23.8 Å². The van der Waals surface area contributed by atoms with Crippen molar-refractivity contribution in [3.05, 3.63) is 71.2 Å². The number of carbonyl (C=O) groups excluding carboxylic acids is 1. The molecule has 0 saturated carbocycles. The number of nitrogens with zero attached hydrogens (tertiary/aromatic N) is 2. The number of pyridine rings is 1. The first-order valence-corrected chi connectivity index (χ1v) is 9.35. The van der Waals surface area contributed by atoms with Crippen LogP contribution < -0.4 is 4.74 Å². The lowest BCUT2D eigenvalue weighted by atomic mass is 9.95. The monoisotopic (exact) mass is 372 g/mol. The summed E-state index contributed by atoms with van der Waals surface area (Å²) in [6.07, 6.45) is 3.64. The average Bonchev–Trinajstić information content (AvgIpc) is 3.06. The molecule has 0 fully saturated rings. The number of hydrogen-bond acceptors (Lipinski definition) is 5. The summed E-state index contributed by atoms with van der Waals surface area (Å²) in [7, 11) is 0. The van der Waals surface area contributed by atoms with E-state index < -0.39 is 0 Å². The van der Waals surface area contributed by atoms with Crippen molar-refractivity contribution in [2.24, 2.45) is 0 Å². The van der Waals surface area contributed by atoms with E-state index in [9.17, 15) is 4.79 Å². The number of ketones is 1. The molecule has 1 aliphatic heterocycles. The molecule has 0 radical (unpaired) electrons. The zero-order chi connectivity index (χ0) is 19.3. The first-order chi connectivity index (χ1) is 13.6. The number of fused-ring (bicyclic) bond motifs is 6. The van der Waals surface area contributed by atoms with Crippen molar-refractivity contribution in [1.82, 2.24) is 9.88 Å². The Morgan fingerprint density at radius 3 is 2.75 bits per heavy atom. The van der Waals surface area contributed by atoms with E-state index in [-0.39, 0.29) is 5.78 Å². The Morgan fingerprint density at radius 1 is 1.18 bits per heavy atom. The maximum atomic E-state index is 12.4. The molecule has 5 nitrogen and oxygen atoms in total. The lowest BCUT2D eigenvalue weighted by molar-refractivity contribution is 0.0911. The first-order valence-electron chi connectivity index (χ1n) is 9.35. The van der Waals surface area contributed by atoms with Crippen molar-refractivity contribution in [1.29, 1.82) is 0 Å². The average molecular weight is 372 g/mol. The van der Waals surface area contributed by atoms with Gasteiger partial charge in [0.15, 0.2) is 5.78 Å². The Labute approximate surface area is 162 Å². The van der Waals surface area contributed by atoms with Crippen LogP contribution in [0.5, 0.6) is 5.75 Å². The first kappa shape index (κ1) is 17.0. The summed E-state index contributed by atoms with van der Waals surface area (Å²) in [5.74, 6) is 1.53. The number of rotatable bonds is 3. The molecule has 2 aromatic carbocycles. The van der Waals surface area contributed by atoms with Crippen molar-refractivity contribution in [2.75, 3.05) is 6.73 Å². The summed E-state index contributed by atoms with van der Waals surface area (Å²) >= 11 is 0. The van der Waals surface area contributed by atoms with Crippen LogP contribution in [0.1, 0.15) is 34.2 Å². The van der Waals surface area contributed by atoms with Crippen LogP contribution >= 0.6 is 0 Å². The normalized spacial score (nSPS) is 14.2. The van der Waals surface area contributed by atoms with Gasteiger partial charge in [-0.15, -0.1) is 0 Å². The van der Waals surface area contributed by atoms with Gasteiger partial charge in [-0.2, -0.15) is 0 Å². The fourth-order valence-corrected chi connectivity index (χ4v) is 4.19. The highest BCUT2D eigenvalue weighted by Crippen LogP contribution is 2.44. The summed E-state index contributed by atoms with van der Waals surface area (Å²) in [6.45, 7) is 5.35. The minimum absolute atomic E-state index is 0.0121. The van der Waals surface area contributed by atoms with E-state index in [4.69, 9.17) is 9.15 Å². The van der Waals surface area contributed by atoms with E-state index in [2.05, 4.69) is 22.0 Å². The lowest BCUT2D eigenvalue weighted by Gasteiger charge is -2.30. The van der Waals surface area contributed by atoms with Crippen LogP contribution in [-0.4, -0.2) is 22.4 Å². The van der Waals surface area contributed by atoms with E-state index in [0.717, 1.165) is 45.2 Å². The Hall–Kier alpha value is -3.18. The molecule has 5 rings (SSSR count). The molecule has 2 aromatic heterocycles. The number of ether oxygens (including phenoxy) is 1. The van der Waals surface area contributed by atoms with Crippen LogP contribution in [0.3, 0.4) is 0 Å². The van der Waals surface area contributed by atoms with Gasteiger partial charge in [-0.3, -0.25) is 14.7 Å². The Kier molecular flexibility index (Phi) is 3.91. The number of aryl methyl sites for hydroxylation is 1. The molecule has 1 aliphatic rings. The summed E-state index contributed by atoms with van der Waals surface area (Å²) in [6, 6.07) is 12.1. The Balaban J connectivity index is 1.71. The highest BCUT2D eigenvalue weighted by atomic mass is 16.5. The zero-order valence-corrected chi connectivity index (χ0v) is 15.9. The third kappa shape index (κ3) is 2.59. The maximum absolute atomic E-state index is 12.4.